The summed E-state index contributed by atoms with van der Waals surface area (Å²) >= 11 is 8.19. The summed E-state index contributed by atoms with van der Waals surface area (Å²) in [6, 6.07) is 0. The fourth-order valence-electron chi connectivity index (χ4n) is 0.530. The third-order valence-corrected chi connectivity index (χ3v) is 1.22. The van der Waals surface area contributed by atoms with Gasteiger partial charge in [-0.1, -0.05) is 13.8 Å². The van der Waals surface area contributed by atoms with Crippen LogP contribution in [0.1, 0.15) is 13.8 Å². The molecule has 8 nitrogen and oxygen atoms in total. The average Bonchev–Trinajstić information content (AvgIpc) is 2.33. The van der Waals surface area contributed by atoms with E-state index in [0.29, 0.717) is 0 Å². The van der Waals surface area contributed by atoms with Crippen molar-refractivity contribution in [3.63, 3.8) is 0 Å². The van der Waals surface area contributed by atoms with Crippen molar-refractivity contribution in [2.45, 2.75) is 20.0 Å². The molecule has 0 fully saturated rings. The van der Waals surface area contributed by atoms with E-state index in [1.165, 1.54) is 0 Å². The number of nitrogens with one attached hydrogen (secondary N) is 2. The number of hydrogen-bond donors (Lipinski definition) is 7. The standard InChI is InChI=1S/C6H16N2.C2HF3O2.2CH4N2S/c1-3-7-5-6-8-4-2;3-2(4,5)1(6)7;2*2-1(3)4/h7-8H,3-6H2,1-2H3;(H,6,7);2*(H4,2,3,4). The highest BCUT2D eigenvalue weighted by atomic mass is 32.1. The summed E-state index contributed by atoms with van der Waals surface area (Å²) < 4.78 is 31.7. The van der Waals surface area contributed by atoms with Crippen LogP contribution in [0, 0.1) is 0 Å². The first-order chi connectivity index (χ1) is 10.3. The van der Waals surface area contributed by atoms with Crippen molar-refractivity contribution >= 4 is 40.6 Å². The molecule has 0 aromatic rings. The minimum absolute atomic E-state index is 0.000000000000000222. The largest absolute Gasteiger partial charge is 0.490 e. The first-order valence-corrected chi connectivity index (χ1v) is 6.95. The van der Waals surface area contributed by atoms with Crippen molar-refractivity contribution in [3.8, 4) is 0 Å². The molecule has 0 amide bonds. The molecule has 0 saturated carbocycles. The topological polar surface area (TPSA) is 165 Å². The van der Waals surface area contributed by atoms with Crippen molar-refractivity contribution < 1.29 is 23.1 Å². The summed E-state index contributed by atoms with van der Waals surface area (Å²) in [6.45, 7) is 8.56. The quantitative estimate of drug-likeness (QED) is 0.237. The van der Waals surface area contributed by atoms with E-state index >= 15 is 0 Å². The van der Waals surface area contributed by atoms with Crippen LogP contribution in [0.4, 0.5) is 13.2 Å². The molecule has 0 aliphatic carbocycles. The van der Waals surface area contributed by atoms with Gasteiger partial charge in [0.05, 0.1) is 0 Å². The van der Waals surface area contributed by atoms with Gasteiger partial charge < -0.3 is 38.7 Å². The fraction of sp³-hybridized carbons (Fsp3) is 0.700. The fourth-order valence-corrected chi connectivity index (χ4v) is 0.530. The van der Waals surface area contributed by atoms with E-state index in [1.807, 2.05) is 0 Å². The summed E-state index contributed by atoms with van der Waals surface area (Å²) in [5.74, 6) is -2.76. The van der Waals surface area contributed by atoms with Gasteiger partial charge in [0.1, 0.15) is 0 Å². The monoisotopic (exact) mass is 382 g/mol. The van der Waals surface area contributed by atoms with E-state index < -0.39 is 12.1 Å². The Morgan fingerprint density at radius 1 is 0.957 bits per heavy atom. The number of carbonyl (C=O) groups is 1. The first kappa shape index (κ1) is 29.6. The van der Waals surface area contributed by atoms with E-state index in [2.05, 4.69) is 71.9 Å². The van der Waals surface area contributed by atoms with Crippen LogP contribution in [-0.2, 0) is 4.79 Å². The number of alkyl halides is 3. The second-order valence-electron chi connectivity index (χ2n) is 3.31. The van der Waals surface area contributed by atoms with Gasteiger partial charge in [-0.05, 0) is 37.5 Å². The van der Waals surface area contributed by atoms with Gasteiger partial charge in [0.15, 0.2) is 10.2 Å². The van der Waals surface area contributed by atoms with Crippen LogP contribution in [-0.4, -0.2) is 53.7 Å². The van der Waals surface area contributed by atoms with E-state index in [1.54, 1.807) is 0 Å². The van der Waals surface area contributed by atoms with Crippen molar-refractivity contribution in [2.75, 3.05) is 26.2 Å². The molecule has 0 aromatic heterocycles. The van der Waals surface area contributed by atoms with Crippen molar-refractivity contribution in [1.82, 2.24) is 10.6 Å². The molecule has 23 heavy (non-hydrogen) atoms. The van der Waals surface area contributed by atoms with E-state index in [9.17, 15) is 13.2 Å². The van der Waals surface area contributed by atoms with Gasteiger partial charge in [-0.25, -0.2) is 4.79 Å². The molecule has 0 unspecified atom stereocenters. The molecule has 0 aliphatic rings. The smallest absolute Gasteiger partial charge is 0.475 e. The Hall–Kier alpha value is -1.44. The van der Waals surface area contributed by atoms with Gasteiger partial charge >= 0.3 is 12.1 Å². The maximum atomic E-state index is 10.6. The molecular weight excluding hydrogens is 357 g/mol. The average molecular weight is 382 g/mol. The molecule has 0 bridgehead atoms. The maximum absolute atomic E-state index is 10.6. The van der Waals surface area contributed by atoms with Gasteiger partial charge in [0, 0.05) is 13.1 Å². The number of carboxylic acids is 1. The molecule has 0 rings (SSSR count). The zero-order valence-electron chi connectivity index (χ0n) is 12.9. The molecule has 0 saturated heterocycles. The highest BCUT2D eigenvalue weighted by Crippen LogP contribution is 2.13. The summed E-state index contributed by atoms with van der Waals surface area (Å²) in [5, 5.41) is 13.6. The lowest BCUT2D eigenvalue weighted by Gasteiger charge is -1.99. The summed E-state index contributed by atoms with van der Waals surface area (Å²) in [4.78, 5) is 8.90. The van der Waals surface area contributed by atoms with Crippen LogP contribution < -0.4 is 33.6 Å². The Morgan fingerprint density at radius 2 is 1.13 bits per heavy atom. The van der Waals surface area contributed by atoms with Crippen LogP contribution in [0.2, 0.25) is 0 Å². The molecule has 140 valence electrons. The molecule has 0 aliphatic heterocycles. The van der Waals surface area contributed by atoms with E-state index in [0.717, 1.165) is 26.2 Å². The Labute approximate surface area is 144 Å². The molecule has 0 radical (unpaired) electrons. The summed E-state index contributed by atoms with van der Waals surface area (Å²) in [7, 11) is 0. The lowest BCUT2D eigenvalue weighted by molar-refractivity contribution is -0.192. The van der Waals surface area contributed by atoms with Gasteiger partial charge in [-0.2, -0.15) is 13.2 Å². The number of aliphatic carboxylic acids is 1. The second-order valence-corrected chi connectivity index (χ2v) is 4.26. The number of rotatable bonds is 5. The first-order valence-electron chi connectivity index (χ1n) is 6.14. The molecule has 13 heteroatoms. The van der Waals surface area contributed by atoms with E-state index in [4.69, 9.17) is 9.90 Å². The van der Waals surface area contributed by atoms with Crippen LogP contribution >= 0.6 is 24.4 Å². The third kappa shape index (κ3) is 77.5. The minimum atomic E-state index is -5.08. The van der Waals surface area contributed by atoms with E-state index in [-0.39, 0.29) is 10.2 Å². The van der Waals surface area contributed by atoms with Gasteiger partial charge in [-0.3, -0.25) is 0 Å². The minimum Gasteiger partial charge on any atom is -0.475 e. The number of thiocarbonyl (C=S) groups is 2. The maximum Gasteiger partial charge on any atom is 0.490 e. The Morgan fingerprint density at radius 3 is 1.22 bits per heavy atom. The van der Waals surface area contributed by atoms with Crippen LogP contribution in [0.3, 0.4) is 0 Å². The lowest BCUT2D eigenvalue weighted by atomic mass is 10.6. The zero-order chi connectivity index (χ0) is 19.5. The SMILES string of the molecule is CCNCCNCC.NC(N)=S.NC(N)=S.O=C(O)C(F)(F)F. The Bertz CT molecular complexity index is 293. The Kier molecular flexibility index (Phi) is 26.4. The molecule has 0 spiro atoms. The number of nitrogens with two attached hydrogens (primary N) is 4. The second kappa shape index (κ2) is 20.6. The highest BCUT2D eigenvalue weighted by Gasteiger charge is 2.38. The summed E-state index contributed by atoms with van der Waals surface area (Å²) in [6.07, 6.45) is -5.08. The van der Waals surface area contributed by atoms with Crippen molar-refractivity contribution in [1.29, 1.82) is 0 Å². The molecule has 0 heterocycles. The van der Waals surface area contributed by atoms with Crippen LogP contribution in [0.5, 0.6) is 0 Å². The molecular formula is C10H25F3N6O2S2. The number of likely N-dealkylation sites (N-methyl/N-ethyl adjacent to an activating group) is 2. The van der Waals surface area contributed by atoms with Crippen molar-refractivity contribution in [3.05, 3.63) is 0 Å². The van der Waals surface area contributed by atoms with Crippen molar-refractivity contribution in [2.24, 2.45) is 22.9 Å². The number of hydrogen-bond acceptors (Lipinski definition) is 5. The number of carboxylic acid groups (broad SMARTS) is 1. The molecule has 0 aromatic carbocycles. The third-order valence-electron chi connectivity index (χ3n) is 1.22. The Balaban J connectivity index is -0.000000110. The van der Waals surface area contributed by atoms with Gasteiger partial charge in [0.25, 0.3) is 0 Å². The molecule has 11 N–H and O–H groups in total. The molecule has 0 atom stereocenters. The normalized spacial score (nSPS) is 8.91. The number of halogens is 3. The van der Waals surface area contributed by atoms with Crippen LogP contribution in [0.15, 0.2) is 0 Å². The highest BCUT2D eigenvalue weighted by molar-refractivity contribution is 7.80. The van der Waals surface area contributed by atoms with Gasteiger partial charge in [-0.15, -0.1) is 0 Å². The van der Waals surface area contributed by atoms with Crippen LogP contribution in [0.25, 0.3) is 0 Å². The lowest BCUT2D eigenvalue weighted by Crippen LogP contribution is -2.26. The van der Waals surface area contributed by atoms with Gasteiger partial charge in [0.2, 0.25) is 0 Å². The summed E-state index contributed by atoms with van der Waals surface area (Å²) in [5.41, 5.74) is 18.5. The predicted molar refractivity (Wildman–Crippen MR) is 92.7 cm³/mol. The predicted octanol–water partition coefficient (Wildman–Crippen LogP) is -0.784. The zero-order valence-corrected chi connectivity index (χ0v) is 14.6.